The zero-order valence-corrected chi connectivity index (χ0v) is 15.7. The van der Waals surface area contributed by atoms with Crippen LogP contribution in [0.15, 0.2) is 34.9 Å². The van der Waals surface area contributed by atoms with Crippen LogP contribution in [0.3, 0.4) is 0 Å². The highest BCUT2D eigenvalue weighted by Gasteiger charge is 2.30. The van der Waals surface area contributed by atoms with E-state index in [0.29, 0.717) is 31.1 Å². The number of benzene rings is 1. The molecule has 0 bridgehead atoms. The summed E-state index contributed by atoms with van der Waals surface area (Å²) in [6.07, 6.45) is 0.672. The second-order valence-electron chi connectivity index (χ2n) is 6.97. The molecule has 0 aliphatic carbocycles. The van der Waals surface area contributed by atoms with E-state index in [-0.39, 0.29) is 18.0 Å². The number of rotatable bonds is 5. The number of nitrogens with one attached hydrogen (secondary N) is 3. The number of hydrogen-bond donors (Lipinski definition) is 3. The maximum absolute atomic E-state index is 12.5. The maximum atomic E-state index is 12.5. The molecule has 0 spiro atoms. The van der Waals surface area contributed by atoms with Gasteiger partial charge in [-0.05, 0) is 26.0 Å². The molecule has 2 amide bonds. The van der Waals surface area contributed by atoms with Crippen molar-refractivity contribution >= 4 is 11.7 Å². The quantitative estimate of drug-likeness (QED) is 0.624. The molecule has 3 aromatic rings. The number of anilines is 1. The molecule has 0 radical (unpaired) electrons. The molecular formula is C19H22N6O3. The summed E-state index contributed by atoms with van der Waals surface area (Å²) in [4.78, 5) is 16.8. The van der Waals surface area contributed by atoms with Crippen molar-refractivity contribution in [3.8, 4) is 11.4 Å². The van der Waals surface area contributed by atoms with Crippen LogP contribution in [-0.2, 0) is 11.2 Å². The van der Waals surface area contributed by atoms with Crippen molar-refractivity contribution in [2.24, 2.45) is 5.92 Å². The minimum absolute atomic E-state index is 0.0933. The van der Waals surface area contributed by atoms with Crippen LogP contribution < -0.4 is 10.6 Å². The molecule has 0 unspecified atom stereocenters. The molecule has 146 valence electrons. The van der Waals surface area contributed by atoms with E-state index in [2.05, 4.69) is 31.0 Å². The summed E-state index contributed by atoms with van der Waals surface area (Å²) >= 11 is 0. The lowest BCUT2D eigenvalue weighted by molar-refractivity contribution is 0.181. The molecule has 1 saturated heterocycles. The minimum atomic E-state index is -0.280. The molecule has 9 nitrogen and oxygen atoms in total. The Hall–Kier alpha value is -3.20. The lowest BCUT2D eigenvalue weighted by Crippen LogP contribution is -2.42. The van der Waals surface area contributed by atoms with Crippen molar-refractivity contribution < 1.29 is 14.1 Å². The van der Waals surface area contributed by atoms with Gasteiger partial charge in [0.15, 0.2) is 5.82 Å². The fourth-order valence-corrected chi connectivity index (χ4v) is 3.27. The number of hydrogen-bond acceptors (Lipinski definition) is 6. The largest absolute Gasteiger partial charge is 0.379 e. The number of urea groups is 1. The molecule has 3 heterocycles. The summed E-state index contributed by atoms with van der Waals surface area (Å²) in [5.41, 5.74) is 2.33. The van der Waals surface area contributed by atoms with Crippen molar-refractivity contribution in [3.63, 3.8) is 0 Å². The van der Waals surface area contributed by atoms with Gasteiger partial charge in [0.2, 0.25) is 0 Å². The van der Waals surface area contributed by atoms with Crippen LogP contribution in [0.4, 0.5) is 10.5 Å². The monoisotopic (exact) mass is 382 g/mol. The van der Waals surface area contributed by atoms with E-state index in [4.69, 9.17) is 9.26 Å². The van der Waals surface area contributed by atoms with Gasteiger partial charge in [-0.1, -0.05) is 17.3 Å². The second-order valence-corrected chi connectivity index (χ2v) is 6.97. The lowest BCUT2D eigenvalue weighted by Gasteiger charge is -2.18. The average molecular weight is 382 g/mol. The number of ether oxygens (including phenoxy) is 1. The van der Waals surface area contributed by atoms with Gasteiger partial charge in [-0.25, -0.2) is 9.78 Å². The number of aryl methyl sites for hydroxylation is 2. The molecule has 1 aliphatic rings. The van der Waals surface area contributed by atoms with Crippen LogP contribution in [0, 0.1) is 19.8 Å². The number of carbonyl (C=O) groups excluding carboxylic acids is 1. The first kappa shape index (κ1) is 18.2. The molecule has 3 N–H and O–H groups in total. The first-order valence-electron chi connectivity index (χ1n) is 9.14. The van der Waals surface area contributed by atoms with E-state index >= 15 is 0 Å². The summed E-state index contributed by atoms with van der Waals surface area (Å²) in [5.74, 6) is 2.27. The predicted octanol–water partition coefficient (Wildman–Crippen LogP) is 2.46. The third-order valence-corrected chi connectivity index (χ3v) is 4.63. The predicted molar refractivity (Wildman–Crippen MR) is 102 cm³/mol. The molecule has 4 rings (SSSR count). The van der Waals surface area contributed by atoms with Crippen molar-refractivity contribution in [2.45, 2.75) is 26.3 Å². The molecule has 1 fully saturated rings. The number of nitrogens with zero attached hydrogens (tertiary/aromatic N) is 3. The molecule has 1 aromatic carbocycles. The smallest absolute Gasteiger partial charge is 0.319 e. The third-order valence-electron chi connectivity index (χ3n) is 4.63. The molecule has 2 aromatic heterocycles. The Morgan fingerprint density at radius 1 is 1.29 bits per heavy atom. The topological polar surface area (TPSA) is 118 Å². The van der Waals surface area contributed by atoms with Crippen molar-refractivity contribution in [3.05, 3.63) is 47.6 Å². The zero-order valence-electron chi connectivity index (χ0n) is 15.7. The second kappa shape index (κ2) is 7.81. The number of aromatic amines is 1. The van der Waals surface area contributed by atoms with Gasteiger partial charge in [-0.3, -0.25) is 5.10 Å². The van der Waals surface area contributed by atoms with E-state index in [1.54, 1.807) is 0 Å². The summed E-state index contributed by atoms with van der Waals surface area (Å²) in [6.45, 7) is 4.77. The van der Waals surface area contributed by atoms with E-state index in [9.17, 15) is 4.79 Å². The Balaban J connectivity index is 1.37. The molecule has 9 heteroatoms. The number of aromatic nitrogens is 4. The van der Waals surface area contributed by atoms with Gasteiger partial charge in [0.1, 0.15) is 11.6 Å². The third kappa shape index (κ3) is 4.20. The standard InChI is InChI=1S/C19H22N6O3/c1-11-6-16(28-25-11)8-14-9-27-10-17(14)22-19(26)21-15-5-3-4-13(7-15)18-20-12(2)23-24-18/h3-7,14,17H,8-10H2,1-2H3,(H,20,23,24)(H2,21,22,26)/t14-,17+/m1/s1. The van der Waals surface area contributed by atoms with E-state index in [1.165, 1.54) is 0 Å². The van der Waals surface area contributed by atoms with E-state index < -0.39 is 0 Å². The van der Waals surface area contributed by atoms with Gasteiger partial charge >= 0.3 is 6.03 Å². The van der Waals surface area contributed by atoms with Crippen molar-refractivity contribution in [2.75, 3.05) is 18.5 Å². The Labute approximate surface area is 161 Å². The Morgan fingerprint density at radius 3 is 2.93 bits per heavy atom. The Kier molecular flexibility index (Phi) is 5.07. The molecule has 1 aliphatic heterocycles. The Bertz CT molecular complexity index is 966. The fourth-order valence-electron chi connectivity index (χ4n) is 3.27. The van der Waals surface area contributed by atoms with Crippen LogP contribution in [0.5, 0.6) is 0 Å². The van der Waals surface area contributed by atoms with Crippen LogP contribution in [0.2, 0.25) is 0 Å². The number of carbonyl (C=O) groups is 1. The lowest BCUT2D eigenvalue weighted by atomic mass is 9.98. The molecular weight excluding hydrogens is 360 g/mol. The minimum Gasteiger partial charge on any atom is -0.379 e. The summed E-state index contributed by atoms with van der Waals surface area (Å²) in [6, 6.07) is 8.94. The van der Waals surface area contributed by atoms with Gasteiger partial charge in [-0.2, -0.15) is 5.10 Å². The summed E-state index contributed by atoms with van der Waals surface area (Å²) < 4.78 is 10.8. The van der Waals surface area contributed by atoms with Crippen LogP contribution in [-0.4, -0.2) is 45.6 Å². The van der Waals surface area contributed by atoms with E-state index in [0.717, 1.165) is 22.8 Å². The fraction of sp³-hybridized carbons (Fsp3) is 0.368. The normalized spacial score (nSPS) is 18.9. The zero-order chi connectivity index (χ0) is 19.5. The molecule has 2 atom stereocenters. The summed E-state index contributed by atoms with van der Waals surface area (Å²) in [5, 5.41) is 16.7. The van der Waals surface area contributed by atoms with Crippen LogP contribution in [0.25, 0.3) is 11.4 Å². The highest BCUT2D eigenvalue weighted by atomic mass is 16.5. The van der Waals surface area contributed by atoms with E-state index in [1.807, 2.05) is 44.2 Å². The molecule has 28 heavy (non-hydrogen) atoms. The highest BCUT2D eigenvalue weighted by Crippen LogP contribution is 2.21. The van der Waals surface area contributed by atoms with Gasteiger partial charge in [0.05, 0.1) is 24.9 Å². The SMILES string of the molecule is Cc1cc(C[C@@H]2COC[C@@H]2NC(=O)Nc2cccc(-c3n[nH]c(C)n3)c2)on1. The summed E-state index contributed by atoms with van der Waals surface area (Å²) in [7, 11) is 0. The first-order valence-corrected chi connectivity index (χ1v) is 9.14. The van der Waals surface area contributed by atoms with Crippen molar-refractivity contribution in [1.82, 2.24) is 25.7 Å². The average Bonchev–Trinajstić information content (AvgIpc) is 3.38. The van der Waals surface area contributed by atoms with Gasteiger partial charge in [0, 0.05) is 29.7 Å². The number of amides is 2. The first-order chi connectivity index (χ1) is 13.6. The number of H-pyrrole nitrogens is 1. The van der Waals surface area contributed by atoms with Gasteiger partial charge < -0.3 is 19.9 Å². The van der Waals surface area contributed by atoms with Gasteiger partial charge in [0.25, 0.3) is 0 Å². The maximum Gasteiger partial charge on any atom is 0.319 e. The Morgan fingerprint density at radius 2 is 2.18 bits per heavy atom. The highest BCUT2D eigenvalue weighted by molar-refractivity contribution is 5.90. The van der Waals surface area contributed by atoms with Crippen molar-refractivity contribution in [1.29, 1.82) is 0 Å². The van der Waals surface area contributed by atoms with Crippen LogP contribution in [0.1, 0.15) is 17.3 Å². The molecule has 0 saturated carbocycles. The van der Waals surface area contributed by atoms with Gasteiger partial charge in [-0.15, -0.1) is 0 Å². The van der Waals surface area contributed by atoms with Crippen LogP contribution >= 0.6 is 0 Å².